The van der Waals surface area contributed by atoms with Crippen molar-refractivity contribution in [3.63, 3.8) is 0 Å². The van der Waals surface area contributed by atoms with E-state index in [2.05, 4.69) is 10.3 Å². The predicted octanol–water partition coefficient (Wildman–Crippen LogP) is 3.69. The van der Waals surface area contributed by atoms with Gasteiger partial charge in [0.2, 0.25) is 5.43 Å². The number of benzene rings is 2. The number of amides is 1. The molecule has 0 saturated heterocycles. The molecule has 0 aliphatic carbocycles. The molecule has 0 bridgehead atoms. The fraction of sp³-hybridized carbons (Fsp3) is 0.158. The molecule has 0 aliphatic heterocycles. The molecule has 1 amide bonds. The Morgan fingerprint density at radius 3 is 2.72 bits per heavy atom. The normalized spacial score (nSPS) is 12.1. The van der Waals surface area contributed by atoms with E-state index in [9.17, 15) is 18.4 Å². The van der Waals surface area contributed by atoms with Crippen LogP contribution in [0.1, 0.15) is 35.3 Å². The molecule has 0 saturated carbocycles. The summed E-state index contributed by atoms with van der Waals surface area (Å²) in [6.45, 7) is 1.74. The lowest BCUT2D eigenvalue weighted by atomic mass is 10.0. The molecule has 6 heteroatoms. The number of nitrogens with one attached hydrogen (secondary N) is 2. The van der Waals surface area contributed by atoms with Gasteiger partial charge in [-0.2, -0.15) is 0 Å². The Bertz CT molecular complexity index is 998. The lowest BCUT2D eigenvalue weighted by Crippen LogP contribution is -2.32. The molecule has 3 aromatic rings. The van der Waals surface area contributed by atoms with Crippen LogP contribution in [0.3, 0.4) is 0 Å². The van der Waals surface area contributed by atoms with Crippen LogP contribution in [0.15, 0.2) is 53.5 Å². The maximum Gasteiger partial charge on any atom is 0.257 e. The van der Waals surface area contributed by atoms with Crippen molar-refractivity contribution in [3.05, 3.63) is 81.6 Å². The number of para-hydroxylation sites is 1. The van der Waals surface area contributed by atoms with Crippen molar-refractivity contribution >= 4 is 16.8 Å². The van der Waals surface area contributed by atoms with E-state index in [0.29, 0.717) is 17.3 Å². The Morgan fingerprint density at radius 2 is 1.96 bits per heavy atom. The third kappa shape index (κ3) is 3.28. The van der Waals surface area contributed by atoms with E-state index in [4.69, 9.17) is 0 Å². The van der Waals surface area contributed by atoms with E-state index in [1.165, 1.54) is 6.20 Å². The van der Waals surface area contributed by atoms with Crippen LogP contribution in [-0.4, -0.2) is 10.9 Å². The van der Waals surface area contributed by atoms with Gasteiger partial charge in [-0.3, -0.25) is 9.59 Å². The predicted molar refractivity (Wildman–Crippen MR) is 91.4 cm³/mol. The van der Waals surface area contributed by atoms with Crippen LogP contribution in [0, 0.1) is 11.6 Å². The summed E-state index contributed by atoms with van der Waals surface area (Å²) in [5.41, 5.74) is 0.177. The Hall–Kier alpha value is -3.02. The highest BCUT2D eigenvalue weighted by molar-refractivity contribution is 5.97. The molecule has 0 radical (unpaired) electrons. The standard InChI is InChI=1S/C19H16F2N2O2/c1-2-16(13-9-11(20)7-8-15(13)21)23-19(25)14-10-22-17-6-4-3-5-12(17)18(14)24/h3-10,16H,2H2,1H3,(H,22,24)(H,23,25)/t16-/m1/s1. The maximum atomic E-state index is 14.0. The number of hydrogen-bond acceptors (Lipinski definition) is 2. The number of halogens is 2. The SMILES string of the molecule is CC[C@@H](NC(=O)c1c[nH]c2ccccc2c1=O)c1cc(F)ccc1F. The Kier molecular flexibility index (Phi) is 4.61. The fourth-order valence-corrected chi connectivity index (χ4v) is 2.75. The van der Waals surface area contributed by atoms with E-state index < -0.39 is 29.0 Å². The molecule has 1 heterocycles. The first-order chi connectivity index (χ1) is 12.0. The van der Waals surface area contributed by atoms with Crippen molar-refractivity contribution in [1.82, 2.24) is 10.3 Å². The van der Waals surface area contributed by atoms with E-state index >= 15 is 0 Å². The number of pyridine rings is 1. The lowest BCUT2D eigenvalue weighted by molar-refractivity contribution is 0.0933. The maximum absolute atomic E-state index is 14.0. The van der Waals surface area contributed by atoms with E-state index in [1.54, 1.807) is 31.2 Å². The Labute approximate surface area is 142 Å². The van der Waals surface area contributed by atoms with Crippen molar-refractivity contribution < 1.29 is 13.6 Å². The number of rotatable bonds is 4. The molecular formula is C19H16F2N2O2. The van der Waals surface area contributed by atoms with Crippen LogP contribution in [-0.2, 0) is 0 Å². The van der Waals surface area contributed by atoms with Crippen molar-refractivity contribution in [2.45, 2.75) is 19.4 Å². The number of H-pyrrole nitrogens is 1. The third-order valence-electron chi connectivity index (χ3n) is 4.08. The van der Waals surface area contributed by atoms with Crippen molar-refractivity contribution in [2.75, 3.05) is 0 Å². The van der Waals surface area contributed by atoms with Gasteiger partial charge in [-0.05, 0) is 36.8 Å². The summed E-state index contributed by atoms with van der Waals surface area (Å²) in [6.07, 6.45) is 1.67. The molecule has 1 aromatic heterocycles. The minimum absolute atomic E-state index is 0.0491. The summed E-state index contributed by atoms with van der Waals surface area (Å²) in [6, 6.07) is 9.17. The van der Waals surface area contributed by atoms with Gasteiger partial charge in [0.25, 0.3) is 5.91 Å². The molecular weight excluding hydrogens is 326 g/mol. The highest BCUT2D eigenvalue weighted by Gasteiger charge is 2.20. The van der Waals surface area contributed by atoms with E-state index in [-0.39, 0.29) is 11.1 Å². The van der Waals surface area contributed by atoms with E-state index in [1.807, 2.05) is 0 Å². The second-order valence-corrected chi connectivity index (χ2v) is 5.68. The summed E-state index contributed by atoms with van der Waals surface area (Å²) in [4.78, 5) is 27.9. The molecule has 25 heavy (non-hydrogen) atoms. The monoisotopic (exact) mass is 342 g/mol. The Balaban J connectivity index is 1.94. The van der Waals surface area contributed by atoms with Crippen LogP contribution in [0.4, 0.5) is 8.78 Å². The van der Waals surface area contributed by atoms with Gasteiger partial charge in [0, 0.05) is 22.7 Å². The van der Waals surface area contributed by atoms with Crippen molar-refractivity contribution in [2.24, 2.45) is 0 Å². The smallest absolute Gasteiger partial charge is 0.257 e. The summed E-state index contributed by atoms with van der Waals surface area (Å²) in [5.74, 6) is -1.84. The molecule has 0 spiro atoms. The van der Waals surface area contributed by atoms with E-state index in [0.717, 1.165) is 18.2 Å². The van der Waals surface area contributed by atoms with Gasteiger partial charge < -0.3 is 10.3 Å². The highest BCUT2D eigenvalue weighted by atomic mass is 19.1. The second-order valence-electron chi connectivity index (χ2n) is 5.68. The largest absolute Gasteiger partial charge is 0.360 e. The summed E-state index contributed by atoms with van der Waals surface area (Å²) >= 11 is 0. The first kappa shape index (κ1) is 16.8. The van der Waals surface area contributed by atoms with Gasteiger partial charge in [-0.15, -0.1) is 0 Å². The van der Waals surface area contributed by atoms with Gasteiger partial charge >= 0.3 is 0 Å². The van der Waals surface area contributed by atoms with Crippen LogP contribution < -0.4 is 10.7 Å². The fourth-order valence-electron chi connectivity index (χ4n) is 2.75. The van der Waals surface area contributed by atoms with Crippen molar-refractivity contribution in [3.8, 4) is 0 Å². The molecule has 2 aromatic carbocycles. The quantitative estimate of drug-likeness (QED) is 0.760. The molecule has 4 nitrogen and oxygen atoms in total. The van der Waals surface area contributed by atoms with Crippen LogP contribution in [0.5, 0.6) is 0 Å². The van der Waals surface area contributed by atoms with Gasteiger partial charge in [0.1, 0.15) is 17.2 Å². The summed E-state index contributed by atoms with van der Waals surface area (Å²) < 4.78 is 27.4. The van der Waals surface area contributed by atoms with Crippen LogP contribution in [0.25, 0.3) is 10.9 Å². The first-order valence-electron chi connectivity index (χ1n) is 7.87. The zero-order valence-electron chi connectivity index (χ0n) is 13.5. The van der Waals surface area contributed by atoms with Crippen molar-refractivity contribution in [1.29, 1.82) is 0 Å². The lowest BCUT2D eigenvalue weighted by Gasteiger charge is -2.18. The third-order valence-corrected chi connectivity index (χ3v) is 4.08. The number of carbonyl (C=O) groups excluding carboxylic acids is 1. The Morgan fingerprint density at radius 1 is 1.20 bits per heavy atom. The number of aromatic nitrogens is 1. The molecule has 0 aliphatic rings. The number of aromatic amines is 1. The molecule has 128 valence electrons. The van der Waals surface area contributed by atoms with Crippen LogP contribution in [0.2, 0.25) is 0 Å². The summed E-state index contributed by atoms with van der Waals surface area (Å²) in [7, 11) is 0. The van der Waals surface area contributed by atoms with Crippen LogP contribution >= 0.6 is 0 Å². The average Bonchev–Trinajstić information content (AvgIpc) is 2.62. The number of hydrogen-bond donors (Lipinski definition) is 2. The molecule has 2 N–H and O–H groups in total. The molecule has 1 atom stereocenters. The highest BCUT2D eigenvalue weighted by Crippen LogP contribution is 2.21. The van der Waals surface area contributed by atoms with Gasteiger partial charge in [-0.1, -0.05) is 19.1 Å². The molecule has 0 fully saturated rings. The van der Waals surface area contributed by atoms with Gasteiger partial charge in [0.05, 0.1) is 6.04 Å². The van der Waals surface area contributed by atoms with Gasteiger partial charge in [0.15, 0.2) is 0 Å². The first-order valence-corrected chi connectivity index (χ1v) is 7.87. The molecule has 0 unspecified atom stereocenters. The minimum Gasteiger partial charge on any atom is -0.360 e. The second kappa shape index (κ2) is 6.84. The topological polar surface area (TPSA) is 62.0 Å². The van der Waals surface area contributed by atoms with Gasteiger partial charge in [-0.25, -0.2) is 8.78 Å². The minimum atomic E-state index is -0.742. The molecule has 3 rings (SSSR count). The zero-order valence-corrected chi connectivity index (χ0v) is 13.5. The number of carbonyl (C=O) groups is 1. The summed E-state index contributed by atoms with van der Waals surface area (Å²) in [5, 5.41) is 3.00. The average molecular weight is 342 g/mol. The number of fused-ring (bicyclic) bond motifs is 1. The zero-order chi connectivity index (χ0) is 18.0.